The minimum Gasteiger partial charge on any atom is -0.371 e. The molecule has 1 unspecified atom stereocenters. The first-order chi connectivity index (χ1) is 7.92. The molecule has 0 fully saturated rings. The number of aromatic nitrogens is 1. The molecule has 0 saturated carbocycles. The van der Waals surface area contributed by atoms with Gasteiger partial charge in [0.2, 0.25) is 0 Å². The van der Waals surface area contributed by atoms with Crippen molar-refractivity contribution in [2.45, 2.75) is 37.9 Å². The zero-order chi connectivity index (χ0) is 12.9. The SMILES string of the molecule is CC(OCCCC(F)(F)F)c1nc(CCl)cs1. The normalized spacial score (nSPS) is 13.9. The first kappa shape index (κ1) is 14.7. The summed E-state index contributed by atoms with van der Waals surface area (Å²) >= 11 is 7.00. The van der Waals surface area contributed by atoms with E-state index in [1.54, 1.807) is 6.92 Å². The molecule has 7 heteroatoms. The van der Waals surface area contributed by atoms with Crippen LogP contribution < -0.4 is 0 Å². The van der Waals surface area contributed by atoms with Gasteiger partial charge in [-0.2, -0.15) is 13.2 Å². The Morgan fingerprint density at radius 1 is 1.53 bits per heavy atom. The van der Waals surface area contributed by atoms with Crippen molar-refractivity contribution < 1.29 is 17.9 Å². The summed E-state index contributed by atoms with van der Waals surface area (Å²) in [4.78, 5) is 4.20. The highest BCUT2D eigenvalue weighted by molar-refractivity contribution is 7.09. The molecular formula is C10H13ClF3NOS. The van der Waals surface area contributed by atoms with Gasteiger partial charge in [0.15, 0.2) is 0 Å². The molecule has 0 bridgehead atoms. The van der Waals surface area contributed by atoms with Crippen molar-refractivity contribution in [3.05, 3.63) is 16.1 Å². The van der Waals surface area contributed by atoms with Crippen molar-refractivity contribution in [3.8, 4) is 0 Å². The Hall–Kier alpha value is -0.330. The summed E-state index contributed by atoms with van der Waals surface area (Å²) in [5.41, 5.74) is 0.761. The molecule has 17 heavy (non-hydrogen) atoms. The molecule has 0 aliphatic rings. The zero-order valence-electron chi connectivity index (χ0n) is 9.26. The van der Waals surface area contributed by atoms with E-state index < -0.39 is 12.6 Å². The fourth-order valence-electron chi connectivity index (χ4n) is 1.17. The molecule has 1 aromatic heterocycles. The van der Waals surface area contributed by atoms with E-state index in [1.165, 1.54) is 11.3 Å². The van der Waals surface area contributed by atoms with Gasteiger partial charge in [-0.15, -0.1) is 22.9 Å². The Morgan fingerprint density at radius 3 is 2.76 bits per heavy atom. The Morgan fingerprint density at radius 2 is 2.24 bits per heavy atom. The number of nitrogens with zero attached hydrogens (tertiary/aromatic N) is 1. The van der Waals surface area contributed by atoms with Gasteiger partial charge in [0, 0.05) is 18.4 Å². The summed E-state index contributed by atoms with van der Waals surface area (Å²) in [6.07, 6.45) is -5.24. The summed E-state index contributed by atoms with van der Waals surface area (Å²) in [5.74, 6) is 0.331. The van der Waals surface area contributed by atoms with Crippen molar-refractivity contribution in [1.29, 1.82) is 0 Å². The van der Waals surface area contributed by atoms with Crippen LogP contribution in [0.5, 0.6) is 0 Å². The van der Waals surface area contributed by atoms with Crippen LogP contribution in [0, 0.1) is 0 Å². The molecule has 0 N–H and O–H groups in total. The smallest absolute Gasteiger partial charge is 0.371 e. The Bertz CT molecular complexity index is 343. The number of halogens is 4. The number of hydrogen-bond donors (Lipinski definition) is 0. The van der Waals surface area contributed by atoms with Gasteiger partial charge < -0.3 is 4.74 Å². The van der Waals surface area contributed by atoms with Crippen LogP contribution in [0.3, 0.4) is 0 Å². The Balaban J connectivity index is 2.27. The average molecular weight is 288 g/mol. The van der Waals surface area contributed by atoms with E-state index in [9.17, 15) is 13.2 Å². The van der Waals surface area contributed by atoms with Gasteiger partial charge in [0.25, 0.3) is 0 Å². The van der Waals surface area contributed by atoms with Crippen LogP contribution in [-0.4, -0.2) is 17.8 Å². The number of rotatable bonds is 6. The summed E-state index contributed by atoms with van der Waals surface area (Å²) in [7, 11) is 0. The number of hydrogen-bond acceptors (Lipinski definition) is 3. The van der Waals surface area contributed by atoms with Crippen molar-refractivity contribution >= 4 is 22.9 Å². The monoisotopic (exact) mass is 287 g/mol. The van der Waals surface area contributed by atoms with Crippen molar-refractivity contribution in [2.75, 3.05) is 6.61 Å². The minimum atomic E-state index is -4.11. The molecule has 0 aliphatic heterocycles. The molecule has 1 heterocycles. The second-order valence-corrected chi connectivity index (χ2v) is 4.70. The van der Waals surface area contributed by atoms with Crippen LogP contribution in [0.2, 0.25) is 0 Å². The van der Waals surface area contributed by atoms with Crippen molar-refractivity contribution in [1.82, 2.24) is 4.98 Å². The molecule has 1 atom stereocenters. The van der Waals surface area contributed by atoms with Crippen LogP contribution in [0.1, 0.15) is 36.6 Å². The first-order valence-corrected chi connectivity index (χ1v) is 6.52. The molecule has 0 aromatic carbocycles. The summed E-state index contributed by atoms with van der Waals surface area (Å²) < 4.78 is 40.9. The third kappa shape index (κ3) is 5.70. The fraction of sp³-hybridized carbons (Fsp3) is 0.700. The lowest BCUT2D eigenvalue weighted by Gasteiger charge is -2.11. The molecule has 0 spiro atoms. The van der Waals surface area contributed by atoms with E-state index >= 15 is 0 Å². The standard InChI is InChI=1S/C10H13ClF3NOS/c1-7(9-15-8(5-11)6-17-9)16-4-2-3-10(12,13)14/h6-7H,2-5H2,1H3. The van der Waals surface area contributed by atoms with E-state index in [2.05, 4.69) is 4.98 Å². The van der Waals surface area contributed by atoms with E-state index in [1.807, 2.05) is 5.38 Å². The van der Waals surface area contributed by atoms with E-state index in [-0.39, 0.29) is 19.1 Å². The molecule has 98 valence electrons. The maximum absolute atomic E-state index is 11.9. The number of thiazole rings is 1. The molecule has 0 saturated heterocycles. The Kier molecular flexibility index (Phi) is 5.69. The topological polar surface area (TPSA) is 22.1 Å². The fourth-order valence-corrected chi connectivity index (χ4v) is 2.23. The van der Waals surface area contributed by atoms with Crippen molar-refractivity contribution in [3.63, 3.8) is 0 Å². The largest absolute Gasteiger partial charge is 0.389 e. The van der Waals surface area contributed by atoms with Crippen LogP contribution in [-0.2, 0) is 10.6 Å². The predicted molar refractivity (Wildman–Crippen MR) is 61.3 cm³/mol. The zero-order valence-corrected chi connectivity index (χ0v) is 10.8. The minimum absolute atomic E-state index is 0.0262. The highest BCUT2D eigenvalue weighted by Crippen LogP contribution is 2.24. The Labute approximate surface area is 107 Å². The lowest BCUT2D eigenvalue weighted by Crippen LogP contribution is -2.09. The maximum Gasteiger partial charge on any atom is 0.389 e. The molecule has 0 amide bonds. The van der Waals surface area contributed by atoms with Gasteiger partial charge in [-0.3, -0.25) is 0 Å². The van der Waals surface area contributed by atoms with E-state index in [0.717, 1.165) is 10.7 Å². The molecule has 1 rings (SSSR count). The van der Waals surface area contributed by atoms with Crippen LogP contribution in [0.25, 0.3) is 0 Å². The molecule has 0 aliphatic carbocycles. The van der Waals surface area contributed by atoms with Gasteiger partial charge >= 0.3 is 6.18 Å². The summed E-state index contributed by atoms with van der Waals surface area (Å²) in [6, 6.07) is 0. The second kappa shape index (κ2) is 6.56. The summed E-state index contributed by atoms with van der Waals surface area (Å²) in [6.45, 7) is 1.85. The van der Waals surface area contributed by atoms with Gasteiger partial charge in [-0.05, 0) is 13.3 Å². The molecule has 0 radical (unpaired) electrons. The number of alkyl halides is 4. The number of ether oxygens (including phenoxy) is 1. The lowest BCUT2D eigenvalue weighted by atomic mass is 10.3. The van der Waals surface area contributed by atoms with Crippen molar-refractivity contribution in [2.24, 2.45) is 0 Å². The third-order valence-corrected chi connectivity index (χ3v) is 3.36. The van der Waals surface area contributed by atoms with Crippen LogP contribution >= 0.6 is 22.9 Å². The van der Waals surface area contributed by atoms with Crippen LogP contribution in [0.15, 0.2) is 5.38 Å². The predicted octanol–water partition coefficient (Wildman–Crippen LogP) is 4.30. The summed E-state index contributed by atoms with van der Waals surface area (Å²) in [5, 5.41) is 2.56. The van der Waals surface area contributed by atoms with Crippen LogP contribution in [0.4, 0.5) is 13.2 Å². The highest BCUT2D eigenvalue weighted by atomic mass is 35.5. The second-order valence-electron chi connectivity index (χ2n) is 3.54. The lowest BCUT2D eigenvalue weighted by molar-refractivity contribution is -0.138. The van der Waals surface area contributed by atoms with Gasteiger partial charge in [0.05, 0.1) is 11.6 Å². The maximum atomic E-state index is 11.9. The van der Waals surface area contributed by atoms with Gasteiger partial charge in [0.1, 0.15) is 11.1 Å². The van der Waals surface area contributed by atoms with Gasteiger partial charge in [-0.25, -0.2) is 4.98 Å². The average Bonchev–Trinajstić information content (AvgIpc) is 2.71. The van der Waals surface area contributed by atoms with Gasteiger partial charge in [-0.1, -0.05) is 0 Å². The third-order valence-electron chi connectivity index (χ3n) is 2.03. The molecule has 1 aromatic rings. The molecule has 2 nitrogen and oxygen atoms in total. The van der Waals surface area contributed by atoms with E-state index in [0.29, 0.717) is 5.88 Å². The van der Waals surface area contributed by atoms with E-state index in [4.69, 9.17) is 16.3 Å². The quantitative estimate of drug-likeness (QED) is 0.575. The molecular weight excluding hydrogens is 275 g/mol. The first-order valence-electron chi connectivity index (χ1n) is 5.11. The highest BCUT2D eigenvalue weighted by Gasteiger charge is 2.26.